The smallest absolute Gasteiger partial charge is 0.119 e. The Kier molecular flexibility index (Phi) is 7.93. The maximum atomic E-state index is 8.74. The van der Waals surface area contributed by atoms with Crippen LogP contribution in [-0.4, -0.2) is 30.0 Å². The maximum absolute atomic E-state index is 8.74. The number of hydrogen-bond acceptors (Lipinski definition) is 4. The number of aliphatic hydroxyl groups excluding tert-OH is 2. The minimum atomic E-state index is -0.137. The topological polar surface area (TPSA) is 75.7 Å². The molecule has 0 amide bonds. The van der Waals surface area contributed by atoms with Crippen molar-refractivity contribution in [2.75, 3.05) is 19.8 Å². The molecule has 4 nitrogen and oxygen atoms in total. The Labute approximate surface area is 101 Å². The number of ether oxygens (including phenoxy) is 1. The van der Waals surface area contributed by atoms with Crippen molar-refractivity contribution in [1.29, 1.82) is 0 Å². The molecule has 0 aliphatic rings. The molecule has 1 aromatic carbocycles. The summed E-state index contributed by atoms with van der Waals surface area (Å²) in [6.45, 7) is 0.387. The predicted molar refractivity (Wildman–Crippen MR) is 64.9 cm³/mol. The number of halogens is 1. The van der Waals surface area contributed by atoms with Gasteiger partial charge in [-0.1, -0.05) is 12.1 Å². The molecule has 0 spiro atoms. The van der Waals surface area contributed by atoms with Crippen LogP contribution in [0.3, 0.4) is 0 Å². The van der Waals surface area contributed by atoms with Gasteiger partial charge in [-0.15, -0.1) is 12.4 Å². The Morgan fingerprint density at radius 1 is 1.12 bits per heavy atom. The van der Waals surface area contributed by atoms with Crippen LogP contribution >= 0.6 is 12.4 Å². The van der Waals surface area contributed by atoms with Gasteiger partial charge in [0.25, 0.3) is 0 Å². The van der Waals surface area contributed by atoms with Gasteiger partial charge in [-0.3, -0.25) is 0 Å². The van der Waals surface area contributed by atoms with Crippen LogP contribution in [0.1, 0.15) is 18.0 Å². The fourth-order valence-corrected chi connectivity index (χ4v) is 1.28. The third-order valence-electron chi connectivity index (χ3n) is 2.11. The fourth-order valence-electron chi connectivity index (χ4n) is 1.28. The van der Waals surface area contributed by atoms with Gasteiger partial charge in [-0.05, 0) is 24.1 Å². The Morgan fingerprint density at radius 2 is 1.75 bits per heavy atom. The quantitative estimate of drug-likeness (QED) is 0.697. The summed E-state index contributed by atoms with van der Waals surface area (Å²) in [7, 11) is 0. The Morgan fingerprint density at radius 3 is 2.25 bits per heavy atom. The lowest BCUT2D eigenvalue weighted by atomic mass is 10.1. The van der Waals surface area contributed by atoms with Gasteiger partial charge in [-0.25, -0.2) is 0 Å². The van der Waals surface area contributed by atoms with Crippen LogP contribution in [0.15, 0.2) is 24.3 Å². The average molecular weight is 248 g/mol. The molecule has 1 aromatic rings. The monoisotopic (exact) mass is 247 g/mol. The highest BCUT2D eigenvalue weighted by Gasteiger charge is 2.04. The second-order valence-corrected chi connectivity index (χ2v) is 3.26. The summed E-state index contributed by atoms with van der Waals surface area (Å²) in [5, 5.41) is 17.3. The molecule has 1 rings (SSSR count). The standard InChI is InChI=1S/C11H17NO3.ClH/c12-11(5-6-13)9-1-3-10(4-2-9)15-8-7-14;/h1-4,11,13-14H,5-8,12H2;1H. The van der Waals surface area contributed by atoms with E-state index in [0.717, 1.165) is 5.56 Å². The fraction of sp³-hybridized carbons (Fsp3) is 0.455. The van der Waals surface area contributed by atoms with Crippen molar-refractivity contribution in [1.82, 2.24) is 0 Å². The molecule has 0 heterocycles. The van der Waals surface area contributed by atoms with E-state index in [2.05, 4.69) is 0 Å². The molecule has 0 aromatic heterocycles. The van der Waals surface area contributed by atoms with E-state index in [-0.39, 0.29) is 31.7 Å². The van der Waals surface area contributed by atoms with Gasteiger partial charge in [0.15, 0.2) is 0 Å². The van der Waals surface area contributed by atoms with Crippen LogP contribution in [0, 0.1) is 0 Å². The minimum absolute atomic E-state index is 0. The normalized spacial score (nSPS) is 11.7. The SMILES string of the molecule is Cl.NC(CCO)c1ccc(OCCO)cc1. The molecule has 0 saturated carbocycles. The molecule has 92 valence electrons. The Balaban J connectivity index is 0.00000225. The molecule has 1 unspecified atom stereocenters. The van der Waals surface area contributed by atoms with E-state index >= 15 is 0 Å². The van der Waals surface area contributed by atoms with Crippen molar-refractivity contribution in [2.45, 2.75) is 12.5 Å². The Hall–Kier alpha value is -0.810. The molecule has 0 radical (unpaired) electrons. The molecule has 5 heteroatoms. The highest BCUT2D eigenvalue weighted by molar-refractivity contribution is 5.85. The van der Waals surface area contributed by atoms with Crippen molar-refractivity contribution in [3.05, 3.63) is 29.8 Å². The van der Waals surface area contributed by atoms with Crippen LogP contribution in [0.5, 0.6) is 5.75 Å². The molecule has 0 aliphatic carbocycles. The van der Waals surface area contributed by atoms with Gasteiger partial charge in [-0.2, -0.15) is 0 Å². The van der Waals surface area contributed by atoms with E-state index < -0.39 is 0 Å². The zero-order valence-electron chi connectivity index (χ0n) is 9.00. The third kappa shape index (κ3) is 4.81. The summed E-state index contributed by atoms with van der Waals surface area (Å²) in [5.74, 6) is 0.712. The maximum Gasteiger partial charge on any atom is 0.119 e. The molecular formula is C11H18ClNO3. The van der Waals surface area contributed by atoms with E-state index in [1.54, 1.807) is 0 Å². The lowest BCUT2D eigenvalue weighted by molar-refractivity contribution is 0.201. The van der Waals surface area contributed by atoms with Gasteiger partial charge < -0.3 is 20.7 Å². The highest BCUT2D eigenvalue weighted by atomic mass is 35.5. The van der Waals surface area contributed by atoms with E-state index in [1.807, 2.05) is 24.3 Å². The molecule has 1 atom stereocenters. The van der Waals surface area contributed by atoms with Gasteiger partial charge >= 0.3 is 0 Å². The first-order valence-corrected chi connectivity index (χ1v) is 4.98. The molecule has 16 heavy (non-hydrogen) atoms. The van der Waals surface area contributed by atoms with Crippen LogP contribution in [0.2, 0.25) is 0 Å². The lowest BCUT2D eigenvalue weighted by Gasteiger charge is -2.11. The summed E-state index contributed by atoms with van der Waals surface area (Å²) in [4.78, 5) is 0. The molecule has 0 bridgehead atoms. The number of rotatable bonds is 6. The lowest BCUT2D eigenvalue weighted by Crippen LogP contribution is -2.11. The van der Waals surface area contributed by atoms with Crippen molar-refractivity contribution < 1.29 is 14.9 Å². The second kappa shape index (κ2) is 8.35. The zero-order valence-corrected chi connectivity index (χ0v) is 9.82. The van der Waals surface area contributed by atoms with Crippen molar-refractivity contribution in [2.24, 2.45) is 5.73 Å². The van der Waals surface area contributed by atoms with Gasteiger partial charge in [0.2, 0.25) is 0 Å². The summed E-state index contributed by atoms with van der Waals surface area (Å²) < 4.78 is 5.21. The predicted octanol–water partition coefficient (Wildman–Crippen LogP) is 0.862. The third-order valence-corrected chi connectivity index (χ3v) is 2.11. The summed E-state index contributed by atoms with van der Waals surface area (Å²) in [5.41, 5.74) is 6.79. The molecule has 0 aliphatic heterocycles. The van der Waals surface area contributed by atoms with Gasteiger partial charge in [0.05, 0.1) is 6.61 Å². The number of aliphatic hydroxyl groups is 2. The second-order valence-electron chi connectivity index (χ2n) is 3.26. The Bertz CT molecular complexity index is 279. The van der Waals surface area contributed by atoms with Gasteiger partial charge in [0, 0.05) is 12.6 Å². The number of nitrogens with two attached hydrogens (primary N) is 1. The van der Waals surface area contributed by atoms with Crippen LogP contribution in [-0.2, 0) is 0 Å². The first kappa shape index (κ1) is 15.2. The summed E-state index contributed by atoms with van der Waals surface area (Å²) in [6.07, 6.45) is 0.552. The zero-order chi connectivity index (χ0) is 11.1. The number of benzene rings is 1. The van der Waals surface area contributed by atoms with E-state index in [9.17, 15) is 0 Å². The van der Waals surface area contributed by atoms with E-state index in [1.165, 1.54) is 0 Å². The molecule has 0 fully saturated rings. The van der Waals surface area contributed by atoms with Crippen molar-refractivity contribution in [3.63, 3.8) is 0 Å². The molecule has 0 saturated heterocycles. The van der Waals surface area contributed by atoms with Gasteiger partial charge in [0.1, 0.15) is 12.4 Å². The first-order chi connectivity index (χ1) is 7.27. The highest BCUT2D eigenvalue weighted by Crippen LogP contribution is 2.18. The van der Waals surface area contributed by atoms with E-state index in [4.69, 9.17) is 20.7 Å². The minimum Gasteiger partial charge on any atom is -0.491 e. The van der Waals surface area contributed by atoms with Crippen LogP contribution < -0.4 is 10.5 Å². The largest absolute Gasteiger partial charge is 0.491 e. The first-order valence-electron chi connectivity index (χ1n) is 4.98. The van der Waals surface area contributed by atoms with Crippen molar-refractivity contribution >= 4 is 12.4 Å². The van der Waals surface area contributed by atoms with Crippen LogP contribution in [0.4, 0.5) is 0 Å². The molecular weight excluding hydrogens is 230 g/mol. The average Bonchev–Trinajstić information content (AvgIpc) is 2.27. The van der Waals surface area contributed by atoms with E-state index in [0.29, 0.717) is 18.8 Å². The summed E-state index contributed by atoms with van der Waals surface area (Å²) in [6, 6.07) is 7.21. The van der Waals surface area contributed by atoms with Crippen LogP contribution in [0.25, 0.3) is 0 Å². The summed E-state index contributed by atoms with van der Waals surface area (Å²) >= 11 is 0. The van der Waals surface area contributed by atoms with Crippen molar-refractivity contribution in [3.8, 4) is 5.75 Å². The number of hydrogen-bond donors (Lipinski definition) is 3. The molecule has 4 N–H and O–H groups in total.